The molecule has 15 heteroatoms. The maximum Gasteiger partial charge on any atom is 0.460 e. The van der Waals surface area contributed by atoms with Gasteiger partial charge in [0.05, 0.1) is 13.1 Å². The summed E-state index contributed by atoms with van der Waals surface area (Å²) in [6, 6.07) is 0. The van der Waals surface area contributed by atoms with Crippen LogP contribution in [0.15, 0.2) is 18.7 Å². The van der Waals surface area contributed by atoms with Crippen molar-refractivity contribution in [3.63, 3.8) is 0 Å². The van der Waals surface area contributed by atoms with E-state index in [1.54, 1.807) is 0 Å². The minimum absolute atomic E-state index is 1.07. The van der Waals surface area contributed by atoms with Crippen molar-refractivity contribution >= 4 is 10.1 Å². The van der Waals surface area contributed by atoms with Crippen molar-refractivity contribution < 1.29 is 57.1 Å². The van der Waals surface area contributed by atoms with Gasteiger partial charge >= 0.3 is 23.3 Å². The van der Waals surface area contributed by atoms with Gasteiger partial charge in [0.2, 0.25) is 6.33 Å². The quantitative estimate of drug-likeness (QED) is 0.119. The Balaban J connectivity index is 0.000000662. The van der Waals surface area contributed by atoms with Crippen molar-refractivity contribution in [1.82, 2.24) is 4.57 Å². The van der Waals surface area contributed by atoms with Gasteiger partial charge in [-0.15, -0.1) is 0 Å². The second-order valence-corrected chi connectivity index (χ2v) is 9.35. The van der Waals surface area contributed by atoms with E-state index in [0.717, 1.165) is 6.54 Å². The van der Waals surface area contributed by atoms with E-state index in [1.165, 1.54) is 64.3 Å². The third kappa shape index (κ3) is 9.47. The maximum atomic E-state index is 12.2. The van der Waals surface area contributed by atoms with E-state index >= 15 is 0 Å². The Bertz CT molecular complexity index is 841. The van der Waals surface area contributed by atoms with Gasteiger partial charge in [0.15, 0.2) is 10.1 Å². The zero-order valence-electron chi connectivity index (χ0n) is 19.4. The van der Waals surface area contributed by atoms with Gasteiger partial charge in [-0.25, -0.2) is 17.6 Å². The molecule has 1 rings (SSSR count). The van der Waals surface area contributed by atoms with E-state index in [4.69, 9.17) is 0 Å². The van der Waals surface area contributed by atoms with Gasteiger partial charge in [-0.2, -0.15) is 39.5 Å². The molecule has 0 aromatic carbocycles. The summed E-state index contributed by atoms with van der Waals surface area (Å²) in [4.78, 5) is 0. The summed E-state index contributed by atoms with van der Waals surface area (Å²) in [6.45, 7) is 6.72. The molecule has 0 spiro atoms. The number of halogens is 9. The number of hydrogen-bond donors (Lipinski definition) is 0. The first-order valence-electron chi connectivity index (χ1n) is 11.1. The molecule has 1 heterocycles. The van der Waals surface area contributed by atoms with E-state index in [2.05, 4.69) is 41.7 Å². The highest BCUT2D eigenvalue weighted by Crippen LogP contribution is 2.54. The van der Waals surface area contributed by atoms with Crippen molar-refractivity contribution in [2.45, 2.75) is 108 Å². The van der Waals surface area contributed by atoms with Crippen molar-refractivity contribution in [2.24, 2.45) is 0 Å². The third-order valence-corrected chi connectivity index (χ3v) is 5.95. The molecule has 0 amide bonds. The van der Waals surface area contributed by atoms with Gasteiger partial charge in [0.1, 0.15) is 12.4 Å². The van der Waals surface area contributed by atoms with Crippen LogP contribution < -0.4 is 4.57 Å². The van der Waals surface area contributed by atoms with Crippen LogP contribution in [-0.2, 0) is 23.2 Å². The number of unbranched alkanes of at least 4 members (excludes halogenated alkanes) is 8. The monoisotopic (exact) mass is 550 g/mol. The van der Waals surface area contributed by atoms with Crippen LogP contribution in [0.5, 0.6) is 0 Å². The van der Waals surface area contributed by atoms with Crippen LogP contribution >= 0.6 is 0 Å². The standard InChI is InChI=1S/C16H31N2.C4HF9O3S/c1-3-5-6-7-8-9-10-11-12-13-18-15-14-17(4-2)16-18;5-1(6,3(9,10)11)2(7,8)4(12,13)17(14,15)16/h14-16H,3-13H2,1-2H3;(H,14,15,16)/q+1;/p-1. The second-order valence-electron chi connectivity index (χ2n) is 7.93. The van der Waals surface area contributed by atoms with Gasteiger partial charge in [-0.1, -0.05) is 51.9 Å². The normalized spacial score (nSPS) is 13.5. The van der Waals surface area contributed by atoms with Crippen LogP contribution in [0.3, 0.4) is 0 Å². The molecule has 35 heavy (non-hydrogen) atoms. The van der Waals surface area contributed by atoms with Crippen molar-refractivity contribution in [3.05, 3.63) is 18.7 Å². The number of nitrogens with zero attached hydrogens (tertiary/aromatic N) is 2. The first kappa shape index (κ1) is 33.5. The second kappa shape index (κ2) is 13.7. The Labute approximate surface area is 199 Å². The summed E-state index contributed by atoms with van der Waals surface area (Å²) in [5.74, 6) is -14.8. The zero-order chi connectivity index (χ0) is 27.6. The molecule has 1 aromatic rings. The average Bonchev–Trinajstić information content (AvgIpc) is 3.19. The molecule has 0 saturated heterocycles. The highest BCUT2D eigenvalue weighted by Gasteiger charge is 2.83. The van der Waals surface area contributed by atoms with Crippen LogP contribution in [0.25, 0.3) is 0 Å². The smallest absolute Gasteiger partial charge is 0.460 e. The molecule has 0 bridgehead atoms. The van der Waals surface area contributed by atoms with Crippen molar-refractivity contribution in [2.75, 3.05) is 0 Å². The van der Waals surface area contributed by atoms with Crippen LogP contribution in [0.1, 0.15) is 71.6 Å². The minimum Gasteiger partial charge on any atom is -0.743 e. The SMILES string of the molecule is CCCCCCCCCCC[n+]1ccn(CC)c1.O=S(=O)([O-])C(F)(F)C(F)(F)C(F)(F)C(F)(F)F. The summed E-state index contributed by atoms with van der Waals surface area (Å²) in [5.41, 5.74) is 0. The van der Waals surface area contributed by atoms with Gasteiger partial charge in [-0.05, 0) is 19.8 Å². The summed E-state index contributed by atoms with van der Waals surface area (Å²) >= 11 is 0. The summed E-state index contributed by atoms with van der Waals surface area (Å²) in [6.07, 6.45) is 12.1. The Kier molecular flexibility index (Phi) is 13.1. The first-order valence-corrected chi connectivity index (χ1v) is 12.5. The van der Waals surface area contributed by atoms with E-state index in [9.17, 15) is 52.5 Å². The number of rotatable bonds is 14. The third-order valence-electron chi connectivity index (χ3n) is 5.06. The number of hydrogen-bond acceptors (Lipinski definition) is 3. The van der Waals surface area contributed by atoms with Crippen molar-refractivity contribution in [3.8, 4) is 0 Å². The molecule has 0 unspecified atom stereocenters. The van der Waals surface area contributed by atoms with Gasteiger partial charge in [-0.3, -0.25) is 0 Å². The lowest BCUT2D eigenvalue weighted by atomic mass is 10.1. The fourth-order valence-corrected chi connectivity index (χ4v) is 3.32. The predicted octanol–water partition coefficient (Wildman–Crippen LogP) is 6.28. The Morgan fingerprint density at radius 1 is 0.771 bits per heavy atom. The molecule has 0 radical (unpaired) electrons. The van der Waals surface area contributed by atoms with Crippen LogP contribution in [-0.4, -0.2) is 40.8 Å². The largest absolute Gasteiger partial charge is 0.743 e. The van der Waals surface area contributed by atoms with E-state index in [0.29, 0.717) is 0 Å². The molecule has 0 saturated carbocycles. The van der Waals surface area contributed by atoms with E-state index in [-0.39, 0.29) is 0 Å². The molecule has 1 aromatic heterocycles. The lowest BCUT2D eigenvalue weighted by Gasteiger charge is -2.34. The predicted molar refractivity (Wildman–Crippen MR) is 108 cm³/mol. The molecule has 0 N–H and O–H groups in total. The van der Waals surface area contributed by atoms with Gasteiger partial charge in [0.25, 0.3) is 0 Å². The van der Waals surface area contributed by atoms with Gasteiger partial charge in [0, 0.05) is 0 Å². The van der Waals surface area contributed by atoms with Crippen LogP contribution in [0, 0.1) is 0 Å². The zero-order valence-corrected chi connectivity index (χ0v) is 20.3. The van der Waals surface area contributed by atoms with Crippen LogP contribution in [0.4, 0.5) is 39.5 Å². The molecule has 0 aliphatic rings. The summed E-state index contributed by atoms with van der Waals surface area (Å²) in [5, 5.41) is -7.11. The van der Waals surface area contributed by atoms with Crippen LogP contribution in [0.2, 0.25) is 0 Å². The lowest BCUT2D eigenvalue weighted by molar-refractivity contribution is -0.696. The highest BCUT2D eigenvalue weighted by molar-refractivity contribution is 7.86. The molecule has 0 atom stereocenters. The molecule has 5 nitrogen and oxygen atoms in total. The molecule has 0 aliphatic heterocycles. The molecular formula is C20H31F9N2O3S. The van der Waals surface area contributed by atoms with Crippen molar-refractivity contribution in [1.29, 1.82) is 0 Å². The minimum atomic E-state index is -7.43. The molecule has 0 fully saturated rings. The highest BCUT2D eigenvalue weighted by atomic mass is 32.2. The number of aromatic nitrogens is 2. The lowest BCUT2D eigenvalue weighted by Crippen LogP contribution is -2.63. The number of imidazole rings is 1. The molecular weight excluding hydrogens is 519 g/mol. The van der Waals surface area contributed by atoms with E-state index < -0.39 is 33.4 Å². The molecule has 208 valence electrons. The number of alkyl halides is 9. The Morgan fingerprint density at radius 2 is 1.23 bits per heavy atom. The first-order chi connectivity index (χ1) is 15.9. The fraction of sp³-hybridized carbons (Fsp3) is 0.850. The number of aryl methyl sites for hydroxylation is 2. The fourth-order valence-electron chi connectivity index (χ4n) is 2.88. The van der Waals surface area contributed by atoms with E-state index in [1.807, 2.05) is 0 Å². The summed E-state index contributed by atoms with van der Waals surface area (Å²) in [7, 11) is -7.42. The molecule has 0 aliphatic carbocycles. The Hall–Kier alpha value is -1.51. The topological polar surface area (TPSA) is 66.0 Å². The average molecular weight is 551 g/mol. The summed E-state index contributed by atoms with van der Waals surface area (Å²) < 4.78 is 140. The van der Waals surface area contributed by atoms with Gasteiger partial charge < -0.3 is 4.55 Å². The maximum absolute atomic E-state index is 12.2. The Morgan fingerprint density at radius 3 is 1.60 bits per heavy atom.